The summed E-state index contributed by atoms with van der Waals surface area (Å²) in [5, 5.41) is 0. The van der Waals surface area contributed by atoms with E-state index in [0.29, 0.717) is 0 Å². The first-order valence-corrected chi connectivity index (χ1v) is 6.70. The zero-order valence-electron chi connectivity index (χ0n) is 10.9. The summed E-state index contributed by atoms with van der Waals surface area (Å²) >= 11 is 0. The highest BCUT2D eigenvalue weighted by molar-refractivity contribution is 5.18. The van der Waals surface area contributed by atoms with Gasteiger partial charge in [-0.05, 0) is 25.7 Å². The van der Waals surface area contributed by atoms with Crippen molar-refractivity contribution in [2.45, 2.75) is 72.1 Å². The van der Waals surface area contributed by atoms with E-state index in [4.69, 9.17) is 0 Å². The summed E-state index contributed by atoms with van der Waals surface area (Å²) in [7, 11) is 0. The fourth-order valence-electron chi connectivity index (χ4n) is 1.62. The van der Waals surface area contributed by atoms with E-state index in [1.807, 2.05) is 0 Å². The van der Waals surface area contributed by atoms with Gasteiger partial charge in [0.25, 0.3) is 0 Å². The van der Waals surface area contributed by atoms with Gasteiger partial charge in [-0.3, -0.25) is 0 Å². The molecule has 0 unspecified atom stereocenters. The molecule has 0 bridgehead atoms. The molecule has 0 aromatic rings. The molecule has 0 spiro atoms. The Hall–Kier alpha value is -0.520. The van der Waals surface area contributed by atoms with Gasteiger partial charge in [0.15, 0.2) is 0 Å². The molecule has 15 heavy (non-hydrogen) atoms. The highest BCUT2D eigenvalue weighted by atomic mass is 14.0. The van der Waals surface area contributed by atoms with Crippen molar-refractivity contribution in [2.75, 3.05) is 0 Å². The van der Waals surface area contributed by atoms with Crippen LogP contribution >= 0.6 is 0 Å². The second-order valence-corrected chi connectivity index (χ2v) is 4.22. The van der Waals surface area contributed by atoms with Gasteiger partial charge >= 0.3 is 0 Å². The molecule has 0 amide bonds. The molecule has 0 saturated carbocycles. The van der Waals surface area contributed by atoms with E-state index in [1.165, 1.54) is 56.9 Å². The molecule has 0 fully saturated rings. The van der Waals surface area contributed by atoms with Gasteiger partial charge < -0.3 is 0 Å². The Morgan fingerprint density at radius 2 is 1.67 bits per heavy atom. The highest BCUT2D eigenvalue weighted by Gasteiger charge is 1.90. The first kappa shape index (κ1) is 14.5. The first-order chi connectivity index (χ1) is 7.35. The van der Waals surface area contributed by atoms with Crippen molar-refractivity contribution in [1.82, 2.24) is 0 Å². The van der Waals surface area contributed by atoms with Gasteiger partial charge in [-0.1, -0.05) is 70.3 Å². The quantitative estimate of drug-likeness (QED) is 0.339. The topological polar surface area (TPSA) is 0 Å². The Morgan fingerprint density at radius 3 is 2.27 bits per heavy atom. The lowest BCUT2D eigenvalue weighted by atomic mass is 10.1. The van der Waals surface area contributed by atoms with Gasteiger partial charge in [-0.2, -0.15) is 0 Å². The monoisotopic (exact) mass is 208 g/mol. The van der Waals surface area contributed by atoms with Crippen LogP contribution in [0.15, 0.2) is 23.8 Å². The summed E-state index contributed by atoms with van der Waals surface area (Å²) in [5.74, 6) is 0. The Morgan fingerprint density at radius 1 is 0.867 bits per heavy atom. The maximum Gasteiger partial charge on any atom is -0.0285 e. The lowest BCUT2D eigenvalue weighted by Gasteiger charge is -1.99. The van der Waals surface area contributed by atoms with E-state index in [-0.39, 0.29) is 0 Å². The molecule has 0 heteroatoms. The molecular weight excluding hydrogens is 180 g/mol. The molecule has 0 nitrogen and oxygen atoms in total. The molecule has 0 aromatic carbocycles. The predicted octanol–water partition coefficient (Wildman–Crippen LogP) is 5.65. The largest absolute Gasteiger partial charge is 0.0843 e. The number of allylic oxidation sites excluding steroid dienone is 4. The minimum atomic E-state index is 1.23. The third kappa shape index (κ3) is 9.78. The standard InChI is InChI=1S/C15H28/c1-4-7-9-10-11-14-15(12-6-3)13-8-5-2/h11,13-14H,4-10,12H2,1-3H3/b14-11+,15-13+. The van der Waals surface area contributed by atoms with Gasteiger partial charge in [-0.15, -0.1) is 0 Å². The van der Waals surface area contributed by atoms with Crippen LogP contribution in [0.2, 0.25) is 0 Å². The number of hydrogen-bond donors (Lipinski definition) is 0. The van der Waals surface area contributed by atoms with Crippen LogP contribution in [-0.4, -0.2) is 0 Å². The van der Waals surface area contributed by atoms with Crippen molar-refractivity contribution in [3.8, 4) is 0 Å². The molecule has 0 aliphatic carbocycles. The van der Waals surface area contributed by atoms with Crippen molar-refractivity contribution in [3.05, 3.63) is 23.8 Å². The van der Waals surface area contributed by atoms with Crippen LogP contribution in [0.1, 0.15) is 72.1 Å². The third-order valence-electron chi connectivity index (χ3n) is 2.54. The van der Waals surface area contributed by atoms with Crippen molar-refractivity contribution in [3.63, 3.8) is 0 Å². The van der Waals surface area contributed by atoms with Crippen molar-refractivity contribution >= 4 is 0 Å². The third-order valence-corrected chi connectivity index (χ3v) is 2.54. The van der Waals surface area contributed by atoms with Crippen LogP contribution in [0.3, 0.4) is 0 Å². The molecular formula is C15H28. The molecule has 0 saturated heterocycles. The summed E-state index contributed by atoms with van der Waals surface area (Å²) in [6.45, 7) is 6.75. The maximum atomic E-state index is 2.40. The van der Waals surface area contributed by atoms with Crippen LogP contribution in [-0.2, 0) is 0 Å². The van der Waals surface area contributed by atoms with E-state index in [9.17, 15) is 0 Å². The summed E-state index contributed by atoms with van der Waals surface area (Å²) in [6, 6.07) is 0. The molecule has 0 aliphatic rings. The Kier molecular flexibility index (Phi) is 11.2. The second-order valence-electron chi connectivity index (χ2n) is 4.22. The van der Waals surface area contributed by atoms with Crippen molar-refractivity contribution < 1.29 is 0 Å². The molecule has 88 valence electrons. The fraction of sp³-hybridized carbons (Fsp3) is 0.733. The van der Waals surface area contributed by atoms with Crippen molar-refractivity contribution in [2.24, 2.45) is 0 Å². The molecule has 0 aromatic heterocycles. The minimum Gasteiger partial charge on any atom is -0.0843 e. The molecule has 0 rings (SSSR count). The van der Waals surface area contributed by atoms with E-state index in [2.05, 4.69) is 39.0 Å². The van der Waals surface area contributed by atoms with Gasteiger partial charge in [0.2, 0.25) is 0 Å². The Bertz CT molecular complexity index is 174. The van der Waals surface area contributed by atoms with E-state index < -0.39 is 0 Å². The summed E-state index contributed by atoms with van der Waals surface area (Å²) in [5.41, 5.74) is 1.54. The zero-order valence-corrected chi connectivity index (χ0v) is 10.9. The van der Waals surface area contributed by atoms with Crippen LogP contribution in [0.5, 0.6) is 0 Å². The Labute approximate surface area is 96.5 Å². The smallest absolute Gasteiger partial charge is 0.0285 e. The number of hydrogen-bond acceptors (Lipinski definition) is 0. The molecule has 0 N–H and O–H groups in total. The van der Waals surface area contributed by atoms with Crippen LogP contribution in [0.25, 0.3) is 0 Å². The van der Waals surface area contributed by atoms with E-state index >= 15 is 0 Å². The van der Waals surface area contributed by atoms with Gasteiger partial charge in [0, 0.05) is 0 Å². The van der Waals surface area contributed by atoms with Crippen LogP contribution in [0, 0.1) is 0 Å². The molecule has 0 radical (unpaired) electrons. The van der Waals surface area contributed by atoms with E-state index in [0.717, 1.165) is 0 Å². The normalized spacial score (nSPS) is 12.6. The van der Waals surface area contributed by atoms with Gasteiger partial charge in [-0.25, -0.2) is 0 Å². The average molecular weight is 208 g/mol. The summed E-state index contributed by atoms with van der Waals surface area (Å²) < 4.78 is 0. The maximum absolute atomic E-state index is 2.40. The average Bonchev–Trinajstić information content (AvgIpc) is 2.25. The lowest BCUT2D eigenvalue weighted by molar-refractivity contribution is 0.728. The summed E-state index contributed by atoms with van der Waals surface area (Å²) in [6.07, 6.45) is 17.4. The van der Waals surface area contributed by atoms with Crippen molar-refractivity contribution in [1.29, 1.82) is 0 Å². The number of unbranched alkanes of at least 4 members (excludes halogenated alkanes) is 4. The van der Waals surface area contributed by atoms with Gasteiger partial charge in [0.1, 0.15) is 0 Å². The lowest BCUT2D eigenvalue weighted by Crippen LogP contribution is -1.79. The van der Waals surface area contributed by atoms with Gasteiger partial charge in [0.05, 0.1) is 0 Å². The second kappa shape index (κ2) is 11.6. The highest BCUT2D eigenvalue weighted by Crippen LogP contribution is 2.10. The fourth-order valence-corrected chi connectivity index (χ4v) is 1.62. The molecule has 0 heterocycles. The molecule has 0 aliphatic heterocycles. The predicted molar refractivity (Wildman–Crippen MR) is 71.2 cm³/mol. The minimum absolute atomic E-state index is 1.23. The summed E-state index contributed by atoms with van der Waals surface area (Å²) in [4.78, 5) is 0. The zero-order chi connectivity index (χ0) is 11.4. The SMILES string of the molecule is CCC/C=C(/C=C/CCCCC)CCC. The Balaban J connectivity index is 3.82. The van der Waals surface area contributed by atoms with E-state index in [1.54, 1.807) is 0 Å². The first-order valence-electron chi connectivity index (χ1n) is 6.70. The molecule has 0 atom stereocenters. The number of rotatable bonds is 9. The van der Waals surface area contributed by atoms with Crippen LogP contribution < -0.4 is 0 Å². The van der Waals surface area contributed by atoms with Crippen LogP contribution in [0.4, 0.5) is 0 Å².